The Kier molecular flexibility index (Phi) is 1.76. The lowest BCUT2D eigenvalue weighted by atomic mass is 9.99. The minimum absolute atomic E-state index is 0.730. The lowest BCUT2D eigenvalue weighted by molar-refractivity contribution is 0.707. The molecular formula is C12H14. The Morgan fingerprint density at radius 1 is 1.42 bits per heavy atom. The van der Waals surface area contributed by atoms with Crippen molar-refractivity contribution in [1.29, 1.82) is 0 Å². The van der Waals surface area contributed by atoms with E-state index in [1.807, 2.05) is 0 Å². The van der Waals surface area contributed by atoms with Gasteiger partial charge in [0, 0.05) is 0 Å². The molecule has 0 spiro atoms. The van der Waals surface area contributed by atoms with Crippen molar-refractivity contribution in [2.75, 3.05) is 0 Å². The summed E-state index contributed by atoms with van der Waals surface area (Å²) >= 11 is 0. The second-order valence-electron chi connectivity index (χ2n) is 3.50. The van der Waals surface area contributed by atoms with Gasteiger partial charge in [0.1, 0.15) is 0 Å². The maximum Gasteiger partial charge on any atom is -0.0118 e. The zero-order chi connectivity index (χ0) is 8.55. The van der Waals surface area contributed by atoms with Crippen molar-refractivity contribution in [2.45, 2.75) is 25.7 Å². The quantitative estimate of drug-likeness (QED) is 0.585. The van der Waals surface area contributed by atoms with Crippen LogP contribution in [0.15, 0.2) is 30.8 Å². The molecule has 12 heavy (non-hydrogen) atoms. The monoisotopic (exact) mass is 158 g/mol. The van der Waals surface area contributed by atoms with Crippen LogP contribution >= 0.6 is 0 Å². The number of hydrogen-bond donors (Lipinski definition) is 0. The normalized spacial score (nSPS) is 21.1. The number of allylic oxidation sites excluding steroid dienone is 1. The van der Waals surface area contributed by atoms with E-state index in [1.165, 1.54) is 23.1 Å². The van der Waals surface area contributed by atoms with Crippen molar-refractivity contribution in [3.8, 4) is 0 Å². The molecule has 0 N–H and O–H groups in total. The Morgan fingerprint density at radius 2 is 2.17 bits per heavy atom. The van der Waals surface area contributed by atoms with E-state index < -0.39 is 0 Å². The highest BCUT2D eigenvalue weighted by Gasteiger charge is 2.22. The van der Waals surface area contributed by atoms with E-state index in [9.17, 15) is 0 Å². The Hall–Kier alpha value is -1.04. The molecule has 0 bridgehead atoms. The van der Waals surface area contributed by atoms with Crippen LogP contribution in [0.3, 0.4) is 0 Å². The second kappa shape index (κ2) is 2.78. The maximum atomic E-state index is 4.09. The largest absolute Gasteiger partial charge is 0.0952 e. The van der Waals surface area contributed by atoms with Gasteiger partial charge in [-0.3, -0.25) is 0 Å². The molecule has 0 fully saturated rings. The van der Waals surface area contributed by atoms with Crippen LogP contribution in [-0.2, 0) is 0 Å². The Balaban J connectivity index is 2.50. The predicted octanol–water partition coefficient (Wildman–Crippen LogP) is 3.60. The van der Waals surface area contributed by atoms with Crippen molar-refractivity contribution in [1.82, 2.24) is 0 Å². The summed E-state index contributed by atoms with van der Waals surface area (Å²) in [6, 6.07) is 8.65. The van der Waals surface area contributed by atoms with Gasteiger partial charge < -0.3 is 0 Å². The van der Waals surface area contributed by atoms with Crippen LogP contribution in [0.2, 0.25) is 0 Å². The molecule has 0 saturated carbocycles. The van der Waals surface area contributed by atoms with Gasteiger partial charge in [-0.25, -0.2) is 0 Å². The van der Waals surface area contributed by atoms with Crippen LogP contribution in [0, 0.1) is 0 Å². The SMILES string of the molecule is C=C1CC(CC)c2ccccc21. The van der Waals surface area contributed by atoms with Crippen LogP contribution in [-0.4, -0.2) is 0 Å². The van der Waals surface area contributed by atoms with E-state index in [0.29, 0.717) is 0 Å². The number of hydrogen-bond acceptors (Lipinski definition) is 0. The van der Waals surface area contributed by atoms with E-state index >= 15 is 0 Å². The smallest absolute Gasteiger partial charge is 0.0118 e. The van der Waals surface area contributed by atoms with E-state index in [-0.39, 0.29) is 0 Å². The summed E-state index contributed by atoms with van der Waals surface area (Å²) < 4.78 is 0. The van der Waals surface area contributed by atoms with Gasteiger partial charge in [-0.15, -0.1) is 0 Å². The fraction of sp³-hybridized carbons (Fsp3) is 0.333. The van der Waals surface area contributed by atoms with Gasteiger partial charge in [-0.05, 0) is 35.5 Å². The van der Waals surface area contributed by atoms with Gasteiger partial charge >= 0.3 is 0 Å². The van der Waals surface area contributed by atoms with Gasteiger partial charge in [-0.1, -0.05) is 37.8 Å². The van der Waals surface area contributed by atoms with Gasteiger partial charge in [0.15, 0.2) is 0 Å². The molecule has 1 aromatic carbocycles. The summed E-state index contributed by atoms with van der Waals surface area (Å²) in [7, 11) is 0. The number of rotatable bonds is 1. The lowest BCUT2D eigenvalue weighted by Crippen LogP contribution is -1.88. The molecule has 1 aliphatic rings. The van der Waals surface area contributed by atoms with Gasteiger partial charge in [-0.2, -0.15) is 0 Å². The highest BCUT2D eigenvalue weighted by atomic mass is 14.3. The predicted molar refractivity (Wildman–Crippen MR) is 53.1 cm³/mol. The Morgan fingerprint density at radius 3 is 2.92 bits per heavy atom. The minimum Gasteiger partial charge on any atom is -0.0952 e. The zero-order valence-corrected chi connectivity index (χ0v) is 7.51. The van der Waals surface area contributed by atoms with E-state index in [0.717, 1.165) is 12.3 Å². The molecule has 0 aromatic heterocycles. The number of benzene rings is 1. The van der Waals surface area contributed by atoms with Crippen molar-refractivity contribution in [3.05, 3.63) is 42.0 Å². The summed E-state index contributed by atoms with van der Waals surface area (Å²) in [6.45, 7) is 6.34. The highest BCUT2D eigenvalue weighted by molar-refractivity contribution is 5.72. The first kappa shape index (κ1) is 7.60. The third-order valence-electron chi connectivity index (χ3n) is 2.77. The second-order valence-corrected chi connectivity index (χ2v) is 3.50. The van der Waals surface area contributed by atoms with E-state index in [1.54, 1.807) is 0 Å². The lowest BCUT2D eigenvalue weighted by Gasteiger charge is -2.05. The maximum absolute atomic E-state index is 4.09. The average Bonchev–Trinajstić information content (AvgIpc) is 2.44. The topological polar surface area (TPSA) is 0 Å². The molecule has 1 unspecified atom stereocenters. The van der Waals surface area contributed by atoms with Gasteiger partial charge in [0.05, 0.1) is 0 Å². The summed E-state index contributed by atoms with van der Waals surface area (Å²) in [4.78, 5) is 0. The molecule has 0 radical (unpaired) electrons. The van der Waals surface area contributed by atoms with Crippen LogP contribution in [0.5, 0.6) is 0 Å². The molecule has 1 aliphatic carbocycles. The molecule has 0 aliphatic heterocycles. The first-order valence-corrected chi connectivity index (χ1v) is 4.60. The third kappa shape index (κ3) is 0.989. The summed E-state index contributed by atoms with van der Waals surface area (Å²) in [6.07, 6.45) is 2.39. The molecule has 0 nitrogen and oxygen atoms in total. The molecule has 2 rings (SSSR count). The van der Waals surface area contributed by atoms with Crippen molar-refractivity contribution in [2.24, 2.45) is 0 Å². The van der Waals surface area contributed by atoms with E-state index in [4.69, 9.17) is 0 Å². The Labute approximate surface area is 73.9 Å². The zero-order valence-electron chi connectivity index (χ0n) is 7.51. The van der Waals surface area contributed by atoms with Crippen LogP contribution < -0.4 is 0 Å². The fourth-order valence-corrected chi connectivity index (χ4v) is 2.06. The molecule has 0 amide bonds. The minimum atomic E-state index is 0.730. The standard InChI is InChI=1S/C12H14/c1-3-10-8-9(2)11-6-4-5-7-12(10)11/h4-7,10H,2-3,8H2,1H3. The molecule has 1 aromatic rings. The fourth-order valence-electron chi connectivity index (χ4n) is 2.06. The first-order chi connectivity index (χ1) is 5.83. The van der Waals surface area contributed by atoms with Gasteiger partial charge in [0.2, 0.25) is 0 Å². The number of fused-ring (bicyclic) bond motifs is 1. The summed E-state index contributed by atoms with van der Waals surface area (Å²) in [5.41, 5.74) is 4.21. The molecule has 0 heterocycles. The first-order valence-electron chi connectivity index (χ1n) is 4.60. The van der Waals surface area contributed by atoms with Crippen LogP contribution in [0.4, 0.5) is 0 Å². The van der Waals surface area contributed by atoms with Crippen molar-refractivity contribution < 1.29 is 0 Å². The summed E-state index contributed by atoms with van der Waals surface area (Å²) in [5.74, 6) is 0.730. The third-order valence-corrected chi connectivity index (χ3v) is 2.77. The van der Waals surface area contributed by atoms with Crippen molar-refractivity contribution in [3.63, 3.8) is 0 Å². The van der Waals surface area contributed by atoms with Crippen LogP contribution in [0.25, 0.3) is 5.57 Å². The highest BCUT2D eigenvalue weighted by Crippen LogP contribution is 2.41. The molecular weight excluding hydrogens is 144 g/mol. The Bertz CT molecular complexity index is 310. The molecule has 0 heteroatoms. The van der Waals surface area contributed by atoms with Crippen molar-refractivity contribution >= 4 is 5.57 Å². The molecule has 1 atom stereocenters. The molecule has 0 saturated heterocycles. The average molecular weight is 158 g/mol. The summed E-state index contributed by atoms with van der Waals surface area (Å²) in [5, 5.41) is 0. The van der Waals surface area contributed by atoms with Gasteiger partial charge in [0.25, 0.3) is 0 Å². The van der Waals surface area contributed by atoms with E-state index in [2.05, 4.69) is 37.8 Å². The van der Waals surface area contributed by atoms with Crippen LogP contribution in [0.1, 0.15) is 36.8 Å². The molecule has 62 valence electrons.